The van der Waals surface area contributed by atoms with Crippen molar-refractivity contribution in [2.75, 3.05) is 25.5 Å². The van der Waals surface area contributed by atoms with Crippen LogP contribution < -0.4 is 10.1 Å². The van der Waals surface area contributed by atoms with Gasteiger partial charge >= 0.3 is 6.09 Å². The first-order valence-corrected chi connectivity index (χ1v) is 9.09. The summed E-state index contributed by atoms with van der Waals surface area (Å²) in [5.74, 6) is 1.43. The molecule has 25 heavy (non-hydrogen) atoms. The van der Waals surface area contributed by atoms with E-state index in [1.165, 1.54) is 0 Å². The molecule has 0 saturated carbocycles. The Morgan fingerprint density at radius 3 is 2.48 bits per heavy atom. The zero-order valence-corrected chi connectivity index (χ0v) is 16.4. The molecule has 5 nitrogen and oxygen atoms in total. The maximum atomic E-state index is 12.2. The number of benzene rings is 1. The van der Waals surface area contributed by atoms with Gasteiger partial charge in [-0.25, -0.2) is 4.79 Å². The summed E-state index contributed by atoms with van der Waals surface area (Å²) in [6.07, 6.45) is 1.77. The van der Waals surface area contributed by atoms with Gasteiger partial charge in [-0.15, -0.1) is 0 Å². The van der Waals surface area contributed by atoms with Crippen LogP contribution in [0.25, 0.3) is 0 Å². The molecule has 0 aromatic heterocycles. The maximum absolute atomic E-state index is 12.2. The Kier molecular flexibility index (Phi) is 6.20. The van der Waals surface area contributed by atoms with Crippen LogP contribution in [0.15, 0.2) is 18.2 Å². The zero-order chi connectivity index (χ0) is 18.6. The predicted octanol–water partition coefficient (Wildman–Crippen LogP) is 4.45. The van der Waals surface area contributed by atoms with Crippen LogP contribution in [0.3, 0.4) is 0 Å². The minimum Gasteiger partial charge on any atom is -0.496 e. The number of carbonyl (C=O) groups is 1. The molecule has 1 heterocycles. The van der Waals surface area contributed by atoms with Crippen LogP contribution >= 0.6 is 0 Å². The molecule has 1 aliphatic heterocycles. The first kappa shape index (κ1) is 19.4. The Bertz CT molecular complexity index is 587. The molecular formula is C20H32N2O3. The number of likely N-dealkylation sites (tertiary alicyclic amines) is 1. The zero-order valence-electron chi connectivity index (χ0n) is 16.4. The summed E-state index contributed by atoms with van der Waals surface area (Å²) in [5, 5.41) is 3.62. The van der Waals surface area contributed by atoms with Gasteiger partial charge in [0.2, 0.25) is 0 Å². The number of methoxy groups -OCH3 is 1. The van der Waals surface area contributed by atoms with E-state index in [9.17, 15) is 4.79 Å². The van der Waals surface area contributed by atoms with E-state index in [0.29, 0.717) is 12.0 Å². The van der Waals surface area contributed by atoms with Crippen molar-refractivity contribution in [3.63, 3.8) is 0 Å². The quantitative estimate of drug-likeness (QED) is 0.873. The van der Waals surface area contributed by atoms with Gasteiger partial charge in [0.15, 0.2) is 0 Å². The largest absolute Gasteiger partial charge is 0.496 e. The van der Waals surface area contributed by atoms with Crippen molar-refractivity contribution in [3.8, 4) is 5.75 Å². The average molecular weight is 348 g/mol. The lowest BCUT2D eigenvalue weighted by Crippen LogP contribution is -2.44. The number of nitrogens with one attached hydrogen (secondary N) is 1. The first-order valence-electron chi connectivity index (χ1n) is 9.09. The Hall–Kier alpha value is -1.91. The molecule has 0 aliphatic carbocycles. The number of hydrogen-bond donors (Lipinski definition) is 1. The highest BCUT2D eigenvalue weighted by Crippen LogP contribution is 2.29. The molecule has 1 aliphatic rings. The van der Waals surface area contributed by atoms with Crippen molar-refractivity contribution in [1.82, 2.24) is 4.90 Å². The Labute approximate surface area is 151 Å². The van der Waals surface area contributed by atoms with E-state index in [2.05, 4.69) is 25.2 Å². The smallest absolute Gasteiger partial charge is 0.410 e. The van der Waals surface area contributed by atoms with Gasteiger partial charge in [0.25, 0.3) is 0 Å². The number of ether oxygens (including phenoxy) is 2. The highest BCUT2D eigenvalue weighted by Gasteiger charge is 2.29. The molecule has 1 aromatic rings. The summed E-state index contributed by atoms with van der Waals surface area (Å²) in [6, 6.07) is 6.41. The number of amides is 1. The van der Waals surface area contributed by atoms with Gasteiger partial charge < -0.3 is 19.7 Å². The number of nitrogens with zero attached hydrogens (tertiary/aromatic N) is 1. The molecule has 1 aromatic carbocycles. The second-order valence-corrected chi connectivity index (χ2v) is 7.87. The average Bonchev–Trinajstić information content (AvgIpc) is 2.55. The number of rotatable bonds is 4. The van der Waals surface area contributed by atoms with Crippen LogP contribution in [0.1, 0.15) is 46.1 Å². The molecular weight excluding hydrogens is 316 g/mol. The molecule has 140 valence electrons. The summed E-state index contributed by atoms with van der Waals surface area (Å²) in [6.45, 7) is 11.5. The molecule has 1 fully saturated rings. The van der Waals surface area contributed by atoms with E-state index < -0.39 is 5.60 Å². The van der Waals surface area contributed by atoms with E-state index in [4.69, 9.17) is 9.47 Å². The van der Waals surface area contributed by atoms with E-state index >= 15 is 0 Å². The summed E-state index contributed by atoms with van der Waals surface area (Å²) in [5.41, 5.74) is 1.80. The number of piperidine rings is 1. The lowest BCUT2D eigenvalue weighted by molar-refractivity contribution is 0.0179. The van der Waals surface area contributed by atoms with Gasteiger partial charge in [0, 0.05) is 30.4 Å². The third-order valence-corrected chi connectivity index (χ3v) is 4.79. The first-order chi connectivity index (χ1) is 11.7. The predicted molar refractivity (Wildman–Crippen MR) is 101 cm³/mol. The Balaban J connectivity index is 1.89. The van der Waals surface area contributed by atoms with Crippen molar-refractivity contribution in [2.45, 2.75) is 59.1 Å². The van der Waals surface area contributed by atoms with E-state index in [1.54, 1.807) is 7.11 Å². The van der Waals surface area contributed by atoms with E-state index in [0.717, 1.165) is 42.9 Å². The molecule has 1 unspecified atom stereocenters. The van der Waals surface area contributed by atoms with Gasteiger partial charge in [-0.1, -0.05) is 6.07 Å². The minimum atomic E-state index is -0.438. The molecule has 2 rings (SSSR count). The van der Waals surface area contributed by atoms with Crippen molar-refractivity contribution < 1.29 is 14.3 Å². The van der Waals surface area contributed by atoms with Crippen molar-refractivity contribution in [1.29, 1.82) is 0 Å². The molecule has 0 bridgehead atoms. The summed E-state index contributed by atoms with van der Waals surface area (Å²) >= 11 is 0. The second kappa shape index (κ2) is 7.98. The summed E-state index contributed by atoms with van der Waals surface area (Å²) in [7, 11) is 1.70. The van der Waals surface area contributed by atoms with Crippen molar-refractivity contribution in [3.05, 3.63) is 23.8 Å². The van der Waals surface area contributed by atoms with Gasteiger partial charge in [-0.3, -0.25) is 0 Å². The van der Waals surface area contributed by atoms with Crippen LogP contribution in [0.2, 0.25) is 0 Å². The fourth-order valence-electron chi connectivity index (χ4n) is 3.26. The minimum absolute atomic E-state index is 0.199. The summed E-state index contributed by atoms with van der Waals surface area (Å²) in [4.78, 5) is 14.0. The van der Waals surface area contributed by atoms with E-state index in [-0.39, 0.29) is 6.09 Å². The summed E-state index contributed by atoms with van der Waals surface area (Å²) < 4.78 is 10.9. The molecule has 1 amide bonds. The standard InChI is InChI=1S/C20H32N2O3/c1-14-17(8-7-9-18(14)24-6)21-15(2)16-10-12-22(13-11-16)19(23)25-20(3,4)5/h7-9,15-16,21H,10-13H2,1-6H3. The molecule has 0 radical (unpaired) electrons. The molecule has 1 atom stereocenters. The van der Waals surface area contributed by atoms with Gasteiger partial charge in [-0.05, 0) is 65.5 Å². The lowest BCUT2D eigenvalue weighted by atomic mass is 9.90. The van der Waals surface area contributed by atoms with Crippen molar-refractivity contribution >= 4 is 11.8 Å². The number of hydrogen-bond acceptors (Lipinski definition) is 4. The normalized spacial score (nSPS) is 17.1. The fourth-order valence-corrected chi connectivity index (χ4v) is 3.26. The SMILES string of the molecule is COc1cccc(NC(C)C2CCN(C(=O)OC(C)(C)C)CC2)c1C. The molecule has 1 N–H and O–H groups in total. The third kappa shape index (κ3) is 5.28. The van der Waals surface area contributed by atoms with E-state index in [1.807, 2.05) is 37.8 Å². The Morgan fingerprint density at radius 1 is 1.28 bits per heavy atom. The van der Waals surface area contributed by atoms with Crippen LogP contribution in [0, 0.1) is 12.8 Å². The highest BCUT2D eigenvalue weighted by molar-refractivity contribution is 5.68. The maximum Gasteiger partial charge on any atom is 0.410 e. The van der Waals surface area contributed by atoms with Gasteiger partial charge in [0.1, 0.15) is 11.4 Å². The molecule has 5 heteroatoms. The molecule has 1 saturated heterocycles. The third-order valence-electron chi connectivity index (χ3n) is 4.79. The molecule has 0 spiro atoms. The lowest BCUT2D eigenvalue weighted by Gasteiger charge is -2.36. The monoisotopic (exact) mass is 348 g/mol. The van der Waals surface area contributed by atoms with Crippen LogP contribution in [-0.2, 0) is 4.74 Å². The van der Waals surface area contributed by atoms with Crippen LogP contribution in [-0.4, -0.2) is 42.8 Å². The highest BCUT2D eigenvalue weighted by atomic mass is 16.6. The fraction of sp³-hybridized carbons (Fsp3) is 0.650. The Morgan fingerprint density at radius 2 is 1.92 bits per heavy atom. The van der Waals surface area contributed by atoms with Crippen LogP contribution in [0.5, 0.6) is 5.75 Å². The second-order valence-electron chi connectivity index (χ2n) is 7.87. The number of anilines is 1. The van der Waals surface area contributed by atoms with Crippen molar-refractivity contribution in [2.24, 2.45) is 5.92 Å². The van der Waals surface area contributed by atoms with Gasteiger partial charge in [0.05, 0.1) is 7.11 Å². The van der Waals surface area contributed by atoms with Crippen LogP contribution in [0.4, 0.5) is 10.5 Å². The van der Waals surface area contributed by atoms with Gasteiger partial charge in [-0.2, -0.15) is 0 Å². The topological polar surface area (TPSA) is 50.8 Å². The number of carbonyl (C=O) groups excluding carboxylic acids is 1.